The zero-order valence-corrected chi connectivity index (χ0v) is 22.5. The lowest BCUT2D eigenvalue weighted by Gasteiger charge is -2.38. The lowest BCUT2D eigenvalue weighted by atomic mass is 9.77. The molecule has 1 N–H and O–H groups in total. The molecular weight excluding hydrogens is 486 g/mol. The van der Waals surface area contributed by atoms with E-state index < -0.39 is 0 Å². The highest BCUT2D eigenvalue weighted by atomic mass is 35.5. The number of methoxy groups -OCH3 is 1. The number of carbonyl (C=O) groups excluding carboxylic acids is 2. The van der Waals surface area contributed by atoms with Gasteiger partial charge >= 0.3 is 0 Å². The van der Waals surface area contributed by atoms with Gasteiger partial charge in [-0.15, -0.1) is 0 Å². The van der Waals surface area contributed by atoms with Crippen LogP contribution in [0, 0.1) is 11.3 Å². The lowest BCUT2D eigenvalue weighted by Crippen LogP contribution is -2.45. The molecule has 1 unspecified atom stereocenters. The van der Waals surface area contributed by atoms with Crippen molar-refractivity contribution in [3.05, 3.63) is 64.7 Å². The first kappa shape index (κ1) is 26.1. The van der Waals surface area contributed by atoms with Crippen LogP contribution in [-0.4, -0.2) is 54.9 Å². The van der Waals surface area contributed by atoms with Gasteiger partial charge in [-0.1, -0.05) is 42.3 Å². The van der Waals surface area contributed by atoms with Crippen LogP contribution in [-0.2, 0) is 16.1 Å². The zero-order chi connectivity index (χ0) is 25.8. The first-order chi connectivity index (χ1) is 18.0. The molecule has 3 aliphatic rings. The number of hydrogen-bond donors (Lipinski definition) is 1. The highest BCUT2D eigenvalue weighted by Crippen LogP contribution is 2.42. The van der Waals surface area contributed by atoms with Crippen LogP contribution in [0.3, 0.4) is 0 Å². The third kappa shape index (κ3) is 5.96. The Balaban J connectivity index is 1.15. The molecule has 0 bridgehead atoms. The highest BCUT2D eigenvalue weighted by molar-refractivity contribution is 6.30. The topological polar surface area (TPSA) is 61.9 Å². The average Bonchev–Trinajstić information content (AvgIpc) is 3.16. The number of carbonyl (C=O) groups is 2. The van der Waals surface area contributed by atoms with Crippen molar-refractivity contribution in [2.75, 3.05) is 33.3 Å². The number of nitrogens with zero attached hydrogens (tertiary/aromatic N) is 2. The summed E-state index contributed by atoms with van der Waals surface area (Å²) in [7, 11) is 1.66. The Hall–Kier alpha value is -2.57. The van der Waals surface area contributed by atoms with Crippen LogP contribution in [0.5, 0.6) is 5.75 Å². The Morgan fingerprint density at radius 3 is 2.49 bits per heavy atom. The number of halogens is 1. The maximum absolute atomic E-state index is 13.4. The Bertz CT molecular complexity index is 1090. The summed E-state index contributed by atoms with van der Waals surface area (Å²) in [4.78, 5) is 30.7. The Morgan fingerprint density at radius 2 is 1.84 bits per heavy atom. The number of amides is 2. The van der Waals surface area contributed by atoms with Gasteiger partial charge in [0.25, 0.3) is 0 Å². The molecule has 198 valence electrons. The van der Waals surface area contributed by atoms with E-state index in [2.05, 4.69) is 16.3 Å². The second-order valence-corrected chi connectivity index (χ2v) is 11.4. The first-order valence-electron chi connectivity index (χ1n) is 13.7. The van der Waals surface area contributed by atoms with E-state index in [4.69, 9.17) is 16.3 Å². The van der Waals surface area contributed by atoms with Crippen LogP contribution in [0.4, 0.5) is 0 Å². The highest BCUT2D eigenvalue weighted by Gasteiger charge is 2.47. The van der Waals surface area contributed by atoms with Crippen molar-refractivity contribution in [1.29, 1.82) is 0 Å². The van der Waals surface area contributed by atoms with Gasteiger partial charge in [0, 0.05) is 30.6 Å². The van der Waals surface area contributed by atoms with Crippen molar-refractivity contribution in [3.8, 4) is 5.75 Å². The molecule has 2 aliphatic heterocycles. The van der Waals surface area contributed by atoms with E-state index in [1.165, 1.54) is 0 Å². The van der Waals surface area contributed by atoms with Gasteiger partial charge in [-0.05, 0) is 87.0 Å². The molecule has 37 heavy (non-hydrogen) atoms. The fourth-order valence-electron chi connectivity index (χ4n) is 5.98. The SMILES string of the molecule is COc1ccc(CN2CCC3(CCN(CCC(NC(=O)C4CCC4)c4cccc(Cl)c4)CC3)C2=O)cc1. The summed E-state index contributed by atoms with van der Waals surface area (Å²) in [6.07, 6.45) is 6.72. The summed E-state index contributed by atoms with van der Waals surface area (Å²) >= 11 is 6.27. The number of rotatable bonds is 9. The number of likely N-dealkylation sites (tertiary alicyclic amines) is 2. The molecule has 0 radical (unpaired) electrons. The number of benzene rings is 2. The predicted molar refractivity (Wildman–Crippen MR) is 145 cm³/mol. The van der Waals surface area contributed by atoms with Gasteiger partial charge in [0.2, 0.25) is 11.8 Å². The standard InChI is InChI=1S/C30H38ClN3O3/c1-37-26-10-8-22(9-11-26)21-34-19-15-30(29(34)36)13-17-33(18-14-30)16-12-27(24-6-3-7-25(31)20-24)32-28(35)23-4-2-5-23/h3,6-11,20,23,27H,2,4-5,12-19,21H2,1H3,(H,32,35). The second-order valence-electron chi connectivity index (χ2n) is 11.0. The van der Waals surface area contributed by atoms with Crippen molar-refractivity contribution in [2.24, 2.45) is 11.3 Å². The van der Waals surface area contributed by atoms with E-state index >= 15 is 0 Å². The van der Waals surface area contributed by atoms with Crippen molar-refractivity contribution in [1.82, 2.24) is 15.1 Å². The summed E-state index contributed by atoms with van der Waals surface area (Å²) in [6.45, 7) is 4.22. The van der Waals surface area contributed by atoms with Crippen molar-refractivity contribution in [2.45, 2.75) is 57.5 Å². The average molecular weight is 524 g/mol. The van der Waals surface area contributed by atoms with Crippen molar-refractivity contribution < 1.29 is 14.3 Å². The molecule has 2 aromatic carbocycles. The van der Waals surface area contributed by atoms with Gasteiger partial charge in [0.05, 0.1) is 18.6 Å². The molecule has 3 fully saturated rings. The molecule has 2 heterocycles. The first-order valence-corrected chi connectivity index (χ1v) is 14.0. The van der Waals surface area contributed by atoms with E-state index in [0.29, 0.717) is 17.5 Å². The van der Waals surface area contributed by atoms with Crippen LogP contribution in [0.25, 0.3) is 0 Å². The Morgan fingerprint density at radius 1 is 1.11 bits per heavy atom. The minimum atomic E-state index is -0.215. The molecule has 1 atom stereocenters. The van der Waals surface area contributed by atoms with E-state index in [-0.39, 0.29) is 23.3 Å². The van der Waals surface area contributed by atoms with Crippen LogP contribution in [0.1, 0.15) is 62.1 Å². The van der Waals surface area contributed by atoms with Gasteiger partial charge in [-0.3, -0.25) is 9.59 Å². The van der Waals surface area contributed by atoms with Gasteiger partial charge in [0.15, 0.2) is 0 Å². The molecule has 7 heteroatoms. The number of hydrogen-bond acceptors (Lipinski definition) is 4. The third-order valence-electron chi connectivity index (χ3n) is 8.72. The largest absolute Gasteiger partial charge is 0.497 e. The van der Waals surface area contributed by atoms with E-state index in [9.17, 15) is 9.59 Å². The molecular formula is C30H38ClN3O3. The molecule has 1 aliphatic carbocycles. The second kappa shape index (κ2) is 11.4. The Labute approximate surface area is 225 Å². The minimum absolute atomic E-state index is 0.0456. The summed E-state index contributed by atoms with van der Waals surface area (Å²) < 4.78 is 5.25. The minimum Gasteiger partial charge on any atom is -0.497 e. The molecule has 1 spiro atoms. The van der Waals surface area contributed by atoms with Crippen LogP contribution >= 0.6 is 11.6 Å². The summed E-state index contributed by atoms with van der Waals surface area (Å²) in [5, 5.41) is 3.99. The zero-order valence-electron chi connectivity index (χ0n) is 21.8. The van der Waals surface area contributed by atoms with Crippen LogP contribution < -0.4 is 10.1 Å². The molecule has 2 aromatic rings. The van der Waals surface area contributed by atoms with E-state index in [1.807, 2.05) is 47.4 Å². The van der Waals surface area contributed by atoms with Gasteiger partial charge in [-0.25, -0.2) is 0 Å². The van der Waals surface area contributed by atoms with Crippen molar-refractivity contribution >= 4 is 23.4 Å². The van der Waals surface area contributed by atoms with Gasteiger partial charge in [-0.2, -0.15) is 0 Å². The van der Waals surface area contributed by atoms with Gasteiger partial charge in [0.1, 0.15) is 5.75 Å². The molecule has 0 aromatic heterocycles. The molecule has 2 amide bonds. The maximum Gasteiger partial charge on any atom is 0.229 e. The summed E-state index contributed by atoms with van der Waals surface area (Å²) in [5.41, 5.74) is 1.99. The third-order valence-corrected chi connectivity index (χ3v) is 8.96. The smallest absolute Gasteiger partial charge is 0.229 e. The number of ether oxygens (including phenoxy) is 1. The lowest BCUT2D eigenvalue weighted by molar-refractivity contribution is -0.139. The Kier molecular flexibility index (Phi) is 8.06. The fraction of sp³-hybridized carbons (Fsp3) is 0.533. The van der Waals surface area contributed by atoms with E-state index in [1.54, 1.807) is 7.11 Å². The molecule has 5 rings (SSSR count). The molecule has 2 saturated heterocycles. The quantitative estimate of drug-likeness (QED) is 0.490. The summed E-state index contributed by atoms with van der Waals surface area (Å²) in [6, 6.07) is 15.8. The molecule has 1 saturated carbocycles. The monoisotopic (exact) mass is 523 g/mol. The number of piperidine rings is 1. The fourth-order valence-corrected chi connectivity index (χ4v) is 6.18. The normalized spacial score (nSPS) is 20.6. The maximum atomic E-state index is 13.4. The van der Waals surface area contributed by atoms with Crippen molar-refractivity contribution in [3.63, 3.8) is 0 Å². The van der Waals surface area contributed by atoms with Gasteiger partial charge < -0.3 is 19.9 Å². The summed E-state index contributed by atoms with van der Waals surface area (Å²) in [5.74, 6) is 1.47. The number of nitrogens with one attached hydrogen (secondary N) is 1. The van der Waals surface area contributed by atoms with Crippen LogP contribution in [0.15, 0.2) is 48.5 Å². The van der Waals surface area contributed by atoms with Crippen LogP contribution in [0.2, 0.25) is 5.02 Å². The van der Waals surface area contributed by atoms with E-state index in [0.717, 1.165) is 88.0 Å². The molecule has 6 nitrogen and oxygen atoms in total. The predicted octanol–water partition coefficient (Wildman–Crippen LogP) is 5.21.